The van der Waals surface area contributed by atoms with Gasteiger partial charge in [0.25, 0.3) is 0 Å². The zero-order chi connectivity index (χ0) is 14.4. The zero-order valence-corrected chi connectivity index (χ0v) is 11.9. The van der Waals surface area contributed by atoms with Gasteiger partial charge in [-0.2, -0.15) is 0 Å². The summed E-state index contributed by atoms with van der Waals surface area (Å²) in [5.74, 6) is 0.802. The van der Waals surface area contributed by atoms with Crippen molar-refractivity contribution in [1.82, 2.24) is 4.90 Å². The number of carbonyl (C=O) groups excluding carboxylic acids is 1. The Bertz CT molecular complexity index is 430. The third-order valence-electron chi connectivity index (χ3n) is 3.47. The molecule has 2 rings (SSSR count). The first-order chi connectivity index (χ1) is 9.62. The maximum Gasteiger partial charge on any atom is 0.244 e. The lowest BCUT2D eigenvalue weighted by Gasteiger charge is -2.27. The third kappa shape index (κ3) is 3.71. The monoisotopic (exact) mass is 278 g/mol. The first-order valence-corrected chi connectivity index (χ1v) is 6.92. The number of para-hydroxylation sites is 1. The van der Waals surface area contributed by atoms with E-state index >= 15 is 0 Å². The predicted octanol–water partition coefficient (Wildman–Crippen LogP) is 1.03. The summed E-state index contributed by atoms with van der Waals surface area (Å²) in [4.78, 5) is 13.9. The number of carbonyl (C=O) groups is 1. The summed E-state index contributed by atoms with van der Waals surface area (Å²) in [7, 11) is 1.78. The summed E-state index contributed by atoms with van der Waals surface area (Å²) in [5.41, 5.74) is 5.21. The molecule has 1 heterocycles. The second-order valence-corrected chi connectivity index (χ2v) is 5.20. The molecular formula is C15H22N2O3. The molecule has 1 fully saturated rings. The predicted molar refractivity (Wildman–Crippen MR) is 76.5 cm³/mol. The number of nitrogens with zero attached hydrogens (tertiary/aromatic N) is 1. The van der Waals surface area contributed by atoms with E-state index in [4.69, 9.17) is 15.2 Å². The van der Waals surface area contributed by atoms with Gasteiger partial charge in [0.15, 0.2) is 0 Å². The van der Waals surface area contributed by atoms with Gasteiger partial charge in [-0.05, 0) is 25.0 Å². The molecule has 1 atom stereocenters. The smallest absolute Gasteiger partial charge is 0.244 e. The number of hydrogen-bond acceptors (Lipinski definition) is 4. The lowest BCUT2D eigenvalue weighted by atomic mass is 9.98. The molecule has 0 bridgehead atoms. The van der Waals surface area contributed by atoms with Crippen molar-refractivity contribution in [3.05, 3.63) is 30.3 Å². The van der Waals surface area contributed by atoms with Crippen LogP contribution >= 0.6 is 0 Å². The largest absolute Gasteiger partial charge is 0.494 e. The van der Waals surface area contributed by atoms with E-state index in [-0.39, 0.29) is 5.91 Å². The van der Waals surface area contributed by atoms with Crippen molar-refractivity contribution in [1.29, 1.82) is 0 Å². The molecule has 0 aromatic heterocycles. The number of amides is 1. The number of likely N-dealkylation sites (N-methyl/N-ethyl adjacent to an activating group) is 1. The van der Waals surface area contributed by atoms with Crippen LogP contribution in [0.3, 0.4) is 0 Å². The molecular weight excluding hydrogens is 256 g/mol. The summed E-state index contributed by atoms with van der Waals surface area (Å²) in [5, 5.41) is 0. The zero-order valence-electron chi connectivity index (χ0n) is 11.9. The Morgan fingerprint density at radius 1 is 1.45 bits per heavy atom. The second-order valence-electron chi connectivity index (χ2n) is 5.20. The van der Waals surface area contributed by atoms with Crippen molar-refractivity contribution in [2.24, 2.45) is 5.73 Å². The highest BCUT2D eigenvalue weighted by molar-refractivity contribution is 5.86. The Morgan fingerprint density at radius 2 is 2.20 bits per heavy atom. The van der Waals surface area contributed by atoms with Gasteiger partial charge in [-0.15, -0.1) is 0 Å². The van der Waals surface area contributed by atoms with E-state index in [0.29, 0.717) is 32.8 Å². The average molecular weight is 278 g/mol. The van der Waals surface area contributed by atoms with Crippen LogP contribution in [0.1, 0.15) is 12.8 Å². The maximum absolute atomic E-state index is 12.2. The molecule has 2 N–H and O–H groups in total. The van der Waals surface area contributed by atoms with Gasteiger partial charge in [0.05, 0.1) is 13.2 Å². The molecule has 0 radical (unpaired) electrons. The van der Waals surface area contributed by atoms with Crippen LogP contribution in [0.15, 0.2) is 30.3 Å². The van der Waals surface area contributed by atoms with E-state index in [1.54, 1.807) is 11.9 Å². The fraction of sp³-hybridized carbons (Fsp3) is 0.533. The number of hydrogen-bond donors (Lipinski definition) is 1. The van der Waals surface area contributed by atoms with Crippen LogP contribution in [0.4, 0.5) is 0 Å². The van der Waals surface area contributed by atoms with E-state index < -0.39 is 5.54 Å². The van der Waals surface area contributed by atoms with Crippen LogP contribution < -0.4 is 10.5 Å². The van der Waals surface area contributed by atoms with Crippen LogP contribution in [0.5, 0.6) is 5.75 Å². The Labute approximate surface area is 119 Å². The molecule has 1 amide bonds. The minimum absolute atomic E-state index is 0.0466. The Kier molecular flexibility index (Phi) is 4.98. The second kappa shape index (κ2) is 6.72. The average Bonchev–Trinajstić information content (AvgIpc) is 2.92. The molecule has 1 aliphatic heterocycles. The van der Waals surface area contributed by atoms with Gasteiger partial charge in [0, 0.05) is 20.2 Å². The van der Waals surface area contributed by atoms with Crippen LogP contribution in [0.2, 0.25) is 0 Å². The molecule has 1 aromatic rings. The van der Waals surface area contributed by atoms with Gasteiger partial charge in [0.1, 0.15) is 11.3 Å². The first-order valence-electron chi connectivity index (χ1n) is 6.92. The van der Waals surface area contributed by atoms with Crippen LogP contribution in [0, 0.1) is 0 Å². The van der Waals surface area contributed by atoms with E-state index in [2.05, 4.69) is 0 Å². The molecule has 1 unspecified atom stereocenters. The molecule has 5 heteroatoms. The summed E-state index contributed by atoms with van der Waals surface area (Å²) in [6.07, 6.45) is 1.37. The molecule has 1 aromatic carbocycles. The molecule has 1 saturated heterocycles. The Hall–Kier alpha value is -1.59. The van der Waals surface area contributed by atoms with Crippen molar-refractivity contribution in [3.8, 4) is 5.75 Å². The van der Waals surface area contributed by atoms with Gasteiger partial charge in [-0.25, -0.2) is 0 Å². The quantitative estimate of drug-likeness (QED) is 0.789. The lowest BCUT2D eigenvalue weighted by Crippen LogP contribution is -2.55. The van der Waals surface area contributed by atoms with Crippen molar-refractivity contribution in [3.63, 3.8) is 0 Å². The highest BCUT2D eigenvalue weighted by Gasteiger charge is 2.39. The van der Waals surface area contributed by atoms with Crippen molar-refractivity contribution >= 4 is 5.91 Å². The van der Waals surface area contributed by atoms with Gasteiger partial charge in [-0.3, -0.25) is 4.79 Å². The first kappa shape index (κ1) is 14.8. The Morgan fingerprint density at radius 3 is 2.85 bits per heavy atom. The molecule has 0 aliphatic carbocycles. The van der Waals surface area contributed by atoms with E-state index in [1.807, 2.05) is 30.3 Å². The summed E-state index contributed by atoms with van der Waals surface area (Å²) >= 11 is 0. The van der Waals surface area contributed by atoms with Crippen molar-refractivity contribution in [2.45, 2.75) is 18.4 Å². The van der Waals surface area contributed by atoms with Crippen LogP contribution in [-0.2, 0) is 9.53 Å². The third-order valence-corrected chi connectivity index (χ3v) is 3.47. The van der Waals surface area contributed by atoms with E-state index in [0.717, 1.165) is 12.2 Å². The maximum atomic E-state index is 12.2. The fourth-order valence-electron chi connectivity index (χ4n) is 2.24. The molecule has 20 heavy (non-hydrogen) atoms. The molecule has 5 nitrogen and oxygen atoms in total. The highest BCUT2D eigenvalue weighted by atomic mass is 16.5. The van der Waals surface area contributed by atoms with Gasteiger partial charge in [0.2, 0.25) is 5.91 Å². The number of rotatable bonds is 6. The topological polar surface area (TPSA) is 64.8 Å². The Balaban J connectivity index is 1.70. The molecule has 0 saturated carbocycles. The van der Waals surface area contributed by atoms with Crippen molar-refractivity contribution in [2.75, 3.05) is 33.4 Å². The standard InChI is InChI=1S/C15H22N2O3/c1-17(14(18)15(16)8-11-19-12-15)9-5-10-20-13-6-3-2-4-7-13/h2-4,6-7H,5,8-12,16H2,1H3. The van der Waals surface area contributed by atoms with Gasteiger partial charge in [-0.1, -0.05) is 18.2 Å². The van der Waals surface area contributed by atoms with Gasteiger partial charge < -0.3 is 20.1 Å². The number of ether oxygens (including phenoxy) is 2. The summed E-state index contributed by atoms with van der Waals surface area (Å²) in [6, 6.07) is 9.65. The summed E-state index contributed by atoms with van der Waals surface area (Å²) in [6.45, 7) is 2.09. The molecule has 1 aliphatic rings. The molecule has 110 valence electrons. The minimum Gasteiger partial charge on any atom is -0.494 e. The highest BCUT2D eigenvalue weighted by Crippen LogP contribution is 2.18. The van der Waals surface area contributed by atoms with Gasteiger partial charge >= 0.3 is 0 Å². The van der Waals surface area contributed by atoms with Crippen LogP contribution in [-0.4, -0.2) is 49.8 Å². The van der Waals surface area contributed by atoms with Crippen LogP contribution in [0.25, 0.3) is 0 Å². The summed E-state index contributed by atoms with van der Waals surface area (Å²) < 4.78 is 10.8. The molecule has 0 spiro atoms. The fourth-order valence-corrected chi connectivity index (χ4v) is 2.24. The SMILES string of the molecule is CN(CCCOc1ccccc1)C(=O)C1(N)CCOC1. The lowest BCUT2D eigenvalue weighted by molar-refractivity contribution is -0.135. The van der Waals surface area contributed by atoms with E-state index in [9.17, 15) is 4.79 Å². The normalized spacial score (nSPS) is 21.7. The number of nitrogens with two attached hydrogens (primary N) is 1. The van der Waals surface area contributed by atoms with Crippen molar-refractivity contribution < 1.29 is 14.3 Å². The minimum atomic E-state index is -0.838. The number of benzene rings is 1. The van der Waals surface area contributed by atoms with E-state index in [1.165, 1.54) is 0 Å².